The summed E-state index contributed by atoms with van der Waals surface area (Å²) in [4.78, 5) is 10.9. The van der Waals surface area contributed by atoms with Crippen molar-refractivity contribution >= 4 is 11.6 Å². The molecule has 1 rings (SSSR count). The summed E-state index contributed by atoms with van der Waals surface area (Å²) in [6.45, 7) is 2.18. The topological polar surface area (TPSA) is 59.0 Å². The van der Waals surface area contributed by atoms with E-state index in [0.717, 1.165) is 11.4 Å². The minimum absolute atomic E-state index is 0.0387. The van der Waals surface area contributed by atoms with Crippen molar-refractivity contribution in [2.24, 2.45) is 7.05 Å². The molecule has 13 heavy (non-hydrogen) atoms. The first kappa shape index (κ1) is 9.57. The number of aromatic nitrogens is 2. The van der Waals surface area contributed by atoms with Crippen molar-refractivity contribution in [1.82, 2.24) is 15.1 Å². The van der Waals surface area contributed by atoms with Crippen molar-refractivity contribution in [1.29, 1.82) is 0 Å². The van der Waals surface area contributed by atoms with Crippen LogP contribution in [-0.2, 0) is 11.8 Å². The highest BCUT2D eigenvalue weighted by Crippen LogP contribution is 2.10. The van der Waals surface area contributed by atoms with Crippen molar-refractivity contribution in [2.75, 3.05) is 18.9 Å². The van der Waals surface area contributed by atoms with Gasteiger partial charge in [-0.3, -0.25) is 9.48 Å². The summed E-state index contributed by atoms with van der Waals surface area (Å²) in [5, 5.41) is 9.66. The minimum atomic E-state index is -0.0387. The molecule has 0 spiro atoms. The number of hydrogen-bond donors (Lipinski definition) is 2. The maximum atomic E-state index is 10.9. The molecular weight excluding hydrogens is 168 g/mol. The summed E-state index contributed by atoms with van der Waals surface area (Å²) in [5.41, 5.74) is 1.79. The summed E-state index contributed by atoms with van der Waals surface area (Å²) in [6, 6.07) is 0. The number of carbonyl (C=O) groups is 1. The maximum absolute atomic E-state index is 10.9. The smallest absolute Gasteiger partial charge is 0.239 e. The Morgan fingerprint density at radius 3 is 2.85 bits per heavy atom. The zero-order chi connectivity index (χ0) is 9.84. The third-order valence-electron chi connectivity index (χ3n) is 1.73. The van der Waals surface area contributed by atoms with Crippen LogP contribution in [0.1, 0.15) is 5.69 Å². The summed E-state index contributed by atoms with van der Waals surface area (Å²) >= 11 is 0. The molecular formula is C8H14N4O. The lowest BCUT2D eigenvalue weighted by Crippen LogP contribution is -2.26. The number of nitrogens with zero attached hydrogens (tertiary/aromatic N) is 2. The standard InChI is InChI=1S/C8H14N4O/c1-6-7(5-12(3)11-6)10-4-8(13)9-2/h5,10H,4H2,1-3H3,(H,9,13). The second-order valence-corrected chi connectivity index (χ2v) is 2.83. The first-order chi connectivity index (χ1) is 6.13. The minimum Gasteiger partial charge on any atom is -0.373 e. The molecule has 0 aliphatic carbocycles. The molecule has 0 unspecified atom stereocenters. The fourth-order valence-electron chi connectivity index (χ4n) is 1.04. The first-order valence-corrected chi connectivity index (χ1v) is 4.08. The highest BCUT2D eigenvalue weighted by Gasteiger charge is 2.03. The molecule has 72 valence electrons. The summed E-state index contributed by atoms with van der Waals surface area (Å²) in [6.07, 6.45) is 1.85. The van der Waals surface area contributed by atoms with Gasteiger partial charge in [-0.15, -0.1) is 0 Å². The number of nitrogens with one attached hydrogen (secondary N) is 2. The van der Waals surface area contributed by atoms with E-state index in [1.54, 1.807) is 11.7 Å². The van der Waals surface area contributed by atoms with E-state index in [1.807, 2.05) is 20.2 Å². The summed E-state index contributed by atoms with van der Waals surface area (Å²) in [5.74, 6) is -0.0387. The molecule has 0 bridgehead atoms. The quantitative estimate of drug-likeness (QED) is 0.685. The Bertz CT molecular complexity index is 305. The van der Waals surface area contributed by atoms with Crippen LogP contribution in [0.4, 0.5) is 5.69 Å². The number of anilines is 1. The van der Waals surface area contributed by atoms with Gasteiger partial charge in [0.05, 0.1) is 17.9 Å². The van der Waals surface area contributed by atoms with Crippen molar-refractivity contribution in [3.8, 4) is 0 Å². The molecule has 0 saturated carbocycles. The molecule has 0 radical (unpaired) electrons. The van der Waals surface area contributed by atoms with Crippen LogP contribution < -0.4 is 10.6 Å². The number of rotatable bonds is 3. The molecule has 1 aromatic rings. The van der Waals surface area contributed by atoms with E-state index < -0.39 is 0 Å². The van der Waals surface area contributed by atoms with Crippen LogP contribution >= 0.6 is 0 Å². The fourth-order valence-corrected chi connectivity index (χ4v) is 1.04. The third-order valence-corrected chi connectivity index (χ3v) is 1.73. The molecule has 0 fully saturated rings. The highest BCUT2D eigenvalue weighted by molar-refractivity contribution is 5.80. The number of hydrogen-bond acceptors (Lipinski definition) is 3. The Morgan fingerprint density at radius 2 is 2.38 bits per heavy atom. The van der Waals surface area contributed by atoms with Crippen molar-refractivity contribution in [3.05, 3.63) is 11.9 Å². The second-order valence-electron chi connectivity index (χ2n) is 2.83. The van der Waals surface area contributed by atoms with Gasteiger partial charge in [-0.2, -0.15) is 5.10 Å². The van der Waals surface area contributed by atoms with E-state index in [9.17, 15) is 4.79 Å². The normalized spacial score (nSPS) is 9.77. The van der Waals surface area contributed by atoms with Crippen LogP contribution in [-0.4, -0.2) is 29.3 Å². The highest BCUT2D eigenvalue weighted by atomic mass is 16.1. The lowest BCUT2D eigenvalue weighted by atomic mass is 10.4. The molecule has 2 N–H and O–H groups in total. The van der Waals surface area contributed by atoms with Crippen molar-refractivity contribution in [3.63, 3.8) is 0 Å². The van der Waals surface area contributed by atoms with Crippen LogP contribution in [0.5, 0.6) is 0 Å². The van der Waals surface area contributed by atoms with Gasteiger partial charge in [-0.05, 0) is 6.92 Å². The van der Waals surface area contributed by atoms with Gasteiger partial charge in [-0.1, -0.05) is 0 Å². The van der Waals surface area contributed by atoms with Crippen LogP contribution in [0.2, 0.25) is 0 Å². The molecule has 5 nitrogen and oxygen atoms in total. The van der Waals surface area contributed by atoms with Gasteiger partial charge >= 0.3 is 0 Å². The van der Waals surface area contributed by atoms with Gasteiger partial charge in [0, 0.05) is 20.3 Å². The maximum Gasteiger partial charge on any atom is 0.239 e. The van der Waals surface area contributed by atoms with Gasteiger partial charge in [0.1, 0.15) is 0 Å². The van der Waals surface area contributed by atoms with Crippen LogP contribution in [0.3, 0.4) is 0 Å². The summed E-state index contributed by atoms with van der Waals surface area (Å²) < 4.78 is 1.71. The molecule has 1 heterocycles. The predicted molar refractivity (Wildman–Crippen MR) is 50.5 cm³/mol. The van der Waals surface area contributed by atoms with Crippen LogP contribution in [0, 0.1) is 6.92 Å². The number of likely N-dealkylation sites (N-methyl/N-ethyl adjacent to an activating group) is 1. The molecule has 5 heteroatoms. The monoisotopic (exact) mass is 182 g/mol. The Kier molecular flexibility index (Phi) is 2.89. The van der Waals surface area contributed by atoms with E-state index >= 15 is 0 Å². The molecule has 1 amide bonds. The van der Waals surface area contributed by atoms with Gasteiger partial charge in [0.2, 0.25) is 5.91 Å². The first-order valence-electron chi connectivity index (χ1n) is 4.08. The van der Waals surface area contributed by atoms with Gasteiger partial charge in [-0.25, -0.2) is 0 Å². The third kappa shape index (κ3) is 2.47. The number of aryl methyl sites for hydroxylation is 2. The van der Waals surface area contributed by atoms with Gasteiger partial charge in [0.15, 0.2) is 0 Å². The molecule has 0 aromatic carbocycles. The molecule has 0 saturated heterocycles. The van der Waals surface area contributed by atoms with Crippen molar-refractivity contribution < 1.29 is 4.79 Å². The Labute approximate surface area is 77.1 Å². The largest absolute Gasteiger partial charge is 0.373 e. The molecule has 0 aliphatic heterocycles. The van der Waals surface area contributed by atoms with E-state index in [4.69, 9.17) is 0 Å². The average molecular weight is 182 g/mol. The Balaban J connectivity index is 2.54. The lowest BCUT2D eigenvalue weighted by Gasteiger charge is -2.02. The predicted octanol–water partition coefficient (Wildman–Crippen LogP) is -0.114. The van der Waals surface area contributed by atoms with E-state index in [-0.39, 0.29) is 12.5 Å². The van der Waals surface area contributed by atoms with Gasteiger partial charge in [0.25, 0.3) is 0 Å². The van der Waals surface area contributed by atoms with E-state index in [1.165, 1.54) is 0 Å². The van der Waals surface area contributed by atoms with Gasteiger partial charge < -0.3 is 10.6 Å². The van der Waals surface area contributed by atoms with Crippen molar-refractivity contribution in [2.45, 2.75) is 6.92 Å². The Morgan fingerprint density at radius 1 is 1.69 bits per heavy atom. The average Bonchev–Trinajstić information content (AvgIpc) is 2.41. The number of carbonyl (C=O) groups excluding carboxylic acids is 1. The van der Waals surface area contributed by atoms with E-state index in [2.05, 4.69) is 15.7 Å². The zero-order valence-corrected chi connectivity index (χ0v) is 8.09. The molecule has 0 atom stereocenters. The molecule has 1 aromatic heterocycles. The lowest BCUT2D eigenvalue weighted by molar-refractivity contribution is -0.118. The fraction of sp³-hybridized carbons (Fsp3) is 0.500. The van der Waals surface area contributed by atoms with E-state index in [0.29, 0.717) is 0 Å². The Hall–Kier alpha value is -1.52. The second kappa shape index (κ2) is 3.93. The zero-order valence-electron chi connectivity index (χ0n) is 8.09. The number of amides is 1. The SMILES string of the molecule is CNC(=O)CNc1cn(C)nc1C. The summed E-state index contributed by atoms with van der Waals surface area (Å²) in [7, 11) is 3.46. The van der Waals surface area contributed by atoms with Crippen LogP contribution in [0.25, 0.3) is 0 Å². The molecule has 0 aliphatic rings. The van der Waals surface area contributed by atoms with Crippen LogP contribution in [0.15, 0.2) is 6.20 Å².